The van der Waals surface area contributed by atoms with Crippen molar-refractivity contribution in [3.63, 3.8) is 0 Å². The number of hydrogen-bond donors (Lipinski definition) is 3. The number of ether oxygens (including phenoxy) is 1. The van der Waals surface area contributed by atoms with Gasteiger partial charge >= 0.3 is 0 Å². The number of fused-ring (bicyclic) bond motifs is 1. The van der Waals surface area contributed by atoms with Gasteiger partial charge in [0.2, 0.25) is 5.95 Å². The van der Waals surface area contributed by atoms with Crippen molar-refractivity contribution < 1.29 is 4.74 Å². The zero-order valence-corrected chi connectivity index (χ0v) is 18.2. The lowest BCUT2D eigenvalue weighted by molar-refractivity contribution is 0.122. The summed E-state index contributed by atoms with van der Waals surface area (Å²) >= 11 is 0. The van der Waals surface area contributed by atoms with E-state index in [1.807, 2.05) is 0 Å². The Morgan fingerprint density at radius 1 is 1.13 bits per heavy atom. The molecule has 8 nitrogen and oxygen atoms in total. The number of nitrogens with one attached hydrogen (secondary N) is 3. The van der Waals surface area contributed by atoms with Crippen LogP contribution in [0.1, 0.15) is 37.7 Å². The van der Waals surface area contributed by atoms with Gasteiger partial charge in [-0.2, -0.15) is 9.97 Å². The molecule has 2 aromatic heterocycles. The van der Waals surface area contributed by atoms with Crippen LogP contribution in [0.4, 0.5) is 23.1 Å². The molecule has 0 radical (unpaired) electrons. The maximum atomic E-state index is 5.47. The van der Waals surface area contributed by atoms with Crippen molar-refractivity contribution in [2.45, 2.75) is 39.0 Å². The second kappa shape index (κ2) is 9.09. The third-order valence-electron chi connectivity index (χ3n) is 6.39. The van der Waals surface area contributed by atoms with E-state index in [-0.39, 0.29) is 0 Å². The Bertz CT molecular complexity index is 1020. The average Bonchev–Trinajstić information content (AvgIpc) is 3.29. The third kappa shape index (κ3) is 4.58. The summed E-state index contributed by atoms with van der Waals surface area (Å²) in [4.78, 5) is 19.3. The molecule has 3 heterocycles. The summed E-state index contributed by atoms with van der Waals surface area (Å²) in [5, 5.41) is 6.95. The average molecular weight is 422 g/mol. The van der Waals surface area contributed by atoms with Crippen LogP contribution in [-0.4, -0.2) is 52.8 Å². The number of imidazole rings is 1. The van der Waals surface area contributed by atoms with E-state index < -0.39 is 0 Å². The lowest BCUT2D eigenvalue weighted by atomic mass is 9.89. The number of aromatic nitrogens is 4. The summed E-state index contributed by atoms with van der Waals surface area (Å²) in [6.07, 6.45) is 8.30. The van der Waals surface area contributed by atoms with E-state index in [0.29, 0.717) is 11.9 Å². The number of aromatic amines is 1. The molecule has 1 aliphatic carbocycles. The maximum absolute atomic E-state index is 5.47. The molecule has 2 fully saturated rings. The molecular formula is C23H31N7O. The number of rotatable bonds is 6. The van der Waals surface area contributed by atoms with Crippen LogP contribution in [0, 0.1) is 12.8 Å². The summed E-state index contributed by atoms with van der Waals surface area (Å²) < 4.78 is 5.47. The van der Waals surface area contributed by atoms with Gasteiger partial charge in [0.05, 0.1) is 19.5 Å². The molecular weight excluding hydrogens is 390 g/mol. The van der Waals surface area contributed by atoms with Gasteiger partial charge in [0.1, 0.15) is 5.52 Å². The van der Waals surface area contributed by atoms with E-state index in [2.05, 4.69) is 55.6 Å². The van der Waals surface area contributed by atoms with Crippen LogP contribution < -0.4 is 15.5 Å². The van der Waals surface area contributed by atoms with Gasteiger partial charge in [0.15, 0.2) is 11.5 Å². The number of hydrogen-bond acceptors (Lipinski definition) is 7. The van der Waals surface area contributed by atoms with Crippen LogP contribution in [0.25, 0.3) is 11.2 Å². The van der Waals surface area contributed by atoms with Gasteiger partial charge in [0.25, 0.3) is 0 Å². The first kappa shape index (κ1) is 20.1. The van der Waals surface area contributed by atoms with Crippen LogP contribution in [-0.2, 0) is 4.74 Å². The molecule has 1 aliphatic heterocycles. The van der Waals surface area contributed by atoms with Crippen LogP contribution in [0.15, 0.2) is 24.5 Å². The molecule has 0 bridgehead atoms. The normalized spacial score (nSPS) is 17.8. The van der Waals surface area contributed by atoms with Crippen LogP contribution in [0.2, 0.25) is 0 Å². The smallest absolute Gasteiger partial charge is 0.231 e. The first-order valence-electron chi connectivity index (χ1n) is 11.4. The van der Waals surface area contributed by atoms with E-state index in [1.54, 1.807) is 6.33 Å². The van der Waals surface area contributed by atoms with E-state index in [0.717, 1.165) is 61.1 Å². The molecule has 3 N–H and O–H groups in total. The number of aryl methyl sites for hydroxylation is 1. The Morgan fingerprint density at radius 2 is 1.97 bits per heavy atom. The molecule has 164 valence electrons. The molecule has 1 saturated heterocycles. The minimum atomic E-state index is 0.574. The van der Waals surface area contributed by atoms with E-state index >= 15 is 0 Å². The van der Waals surface area contributed by atoms with Gasteiger partial charge < -0.3 is 25.3 Å². The summed E-state index contributed by atoms with van der Waals surface area (Å²) in [7, 11) is 0. The highest BCUT2D eigenvalue weighted by atomic mass is 16.5. The standard InChI is InChI=1S/C23H31N7O/c1-16-13-18(30-9-11-31-12-10-30)7-8-19(16)27-23-28-21(20-22(29-23)26-15-25-20)24-14-17-5-3-2-4-6-17/h7-8,13,15,17H,2-6,9-12,14H2,1H3,(H3,24,25,26,27,28,29). The number of benzene rings is 1. The maximum Gasteiger partial charge on any atom is 0.231 e. The highest BCUT2D eigenvalue weighted by molar-refractivity contribution is 5.84. The Morgan fingerprint density at radius 3 is 2.77 bits per heavy atom. The first-order chi connectivity index (χ1) is 15.3. The SMILES string of the molecule is Cc1cc(N2CCOCC2)ccc1Nc1nc(NCC2CCCCC2)c2nc[nH]c2n1. The van der Waals surface area contributed by atoms with Crippen LogP contribution in [0.5, 0.6) is 0 Å². The quantitative estimate of drug-likeness (QED) is 0.548. The predicted octanol–water partition coefficient (Wildman–Crippen LogP) is 4.23. The fraction of sp³-hybridized carbons (Fsp3) is 0.522. The summed E-state index contributed by atoms with van der Waals surface area (Å²) in [6.45, 7) is 6.49. The topological polar surface area (TPSA) is 91.0 Å². The van der Waals surface area contributed by atoms with Crippen LogP contribution >= 0.6 is 0 Å². The molecule has 2 aliphatic rings. The number of nitrogens with zero attached hydrogens (tertiary/aromatic N) is 4. The number of H-pyrrole nitrogens is 1. The monoisotopic (exact) mass is 421 g/mol. The fourth-order valence-corrected chi connectivity index (χ4v) is 4.57. The zero-order chi connectivity index (χ0) is 21.0. The molecule has 31 heavy (non-hydrogen) atoms. The lowest BCUT2D eigenvalue weighted by Gasteiger charge is -2.29. The molecule has 1 saturated carbocycles. The Kier molecular flexibility index (Phi) is 5.88. The fourth-order valence-electron chi connectivity index (χ4n) is 4.57. The minimum absolute atomic E-state index is 0.574. The highest BCUT2D eigenvalue weighted by Crippen LogP contribution is 2.28. The number of anilines is 4. The first-order valence-corrected chi connectivity index (χ1v) is 11.4. The number of morpholine rings is 1. The molecule has 0 spiro atoms. The molecule has 5 rings (SSSR count). The lowest BCUT2D eigenvalue weighted by Crippen LogP contribution is -2.36. The molecule has 3 aromatic rings. The molecule has 1 aromatic carbocycles. The summed E-state index contributed by atoms with van der Waals surface area (Å²) in [5.74, 6) is 2.08. The van der Waals surface area contributed by atoms with Crippen molar-refractivity contribution >= 4 is 34.3 Å². The Labute approximate surface area is 182 Å². The summed E-state index contributed by atoms with van der Waals surface area (Å²) in [6, 6.07) is 6.47. The Hall–Kier alpha value is -2.87. The van der Waals surface area contributed by atoms with Crippen molar-refractivity contribution in [2.24, 2.45) is 5.92 Å². The summed E-state index contributed by atoms with van der Waals surface area (Å²) in [5.41, 5.74) is 4.93. The van der Waals surface area contributed by atoms with Crippen LogP contribution in [0.3, 0.4) is 0 Å². The third-order valence-corrected chi connectivity index (χ3v) is 6.39. The van der Waals surface area contributed by atoms with Crippen molar-refractivity contribution in [1.29, 1.82) is 0 Å². The van der Waals surface area contributed by atoms with Gasteiger partial charge in [-0.1, -0.05) is 19.3 Å². The van der Waals surface area contributed by atoms with Gasteiger partial charge in [-0.15, -0.1) is 0 Å². The van der Waals surface area contributed by atoms with Crippen molar-refractivity contribution in [3.05, 3.63) is 30.1 Å². The molecule has 0 atom stereocenters. The van der Waals surface area contributed by atoms with Gasteiger partial charge in [-0.3, -0.25) is 0 Å². The van der Waals surface area contributed by atoms with Crippen molar-refractivity contribution in [3.8, 4) is 0 Å². The molecule has 8 heteroatoms. The second-order valence-corrected chi connectivity index (χ2v) is 8.60. The van der Waals surface area contributed by atoms with E-state index in [4.69, 9.17) is 9.72 Å². The highest BCUT2D eigenvalue weighted by Gasteiger charge is 2.17. The van der Waals surface area contributed by atoms with Crippen molar-refractivity contribution in [2.75, 3.05) is 48.4 Å². The largest absolute Gasteiger partial charge is 0.378 e. The minimum Gasteiger partial charge on any atom is -0.378 e. The second-order valence-electron chi connectivity index (χ2n) is 8.60. The molecule has 0 amide bonds. The zero-order valence-electron chi connectivity index (χ0n) is 18.2. The van der Waals surface area contributed by atoms with Crippen molar-refractivity contribution in [1.82, 2.24) is 19.9 Å². The van der Waals surface area contributed by atoms with Gasteiger partial charge in [-0.25, -0.2) is 4.98 Å². The Balaban J connectivity index is 1.34. The van der Waals surface area contributed by atoms with E-state index in [1.165, 1.54) is 37.8 Å². The van der Waals surface area contributed by atoms with Gasteiger partial charge in [-0.05, 0) is 49.4 Å². The molecule has 0 unspecified atom stereocenters. The van der Waals surface area contributed by atoms with Gasteiger partial charge in [0, 0.05) is 31.0 Å². The van der Waals surface area contributed by atoms with E-state index in [9.17, 15) is 0 Å². The predicted molar refractivity (Wildman–Crippen MR) is 124 cm³/mol.